The number of aromatic nitrogens is 3. The molecule has 0 saturated heterocycles. The van der Waals surface area contributed by atoms with Gasteiger partial charge in [0.15, 0.2) is 5.16 Å². The van der Waals surface area contributed by atoms with Crippen LogP contribution < -0.4 is 5.32 Å². The molecule has 3 rings (SSSR count). The van der Waals surface area contributed by atoms with Crippen molar-refractivity contribution in [3.05, 3.63) is 72.1 Å². The van der Waals surface area contributed by atoms with E-state index in [-0.39, 0.29) is 5.69 Å². The van der Waals surface area contributed by atoms with E-state index < -0.39 is 22.9 Å². The monoisotopic (exact) mass is 392 g/mol. The van der Waals surface area contributed by atoms with E-state index in [1.54, 1.807) is 35.9 Å². The summed E-state index contributed by atoms with van der Waals surface area (Å²) < 4.78 is 40.3. The van der Waals surface area contributed by atoms with Crippen molar-refractivity contribution in [1.29, 1.82) is 0 Å². The first-order valence-electron chi connectivity index (χ1n) is 7.88. The van der Waals surface area contributed by atoms with Gasteiger partial charge >= 0.3 is 6.18 Å². The number of hydrogen-bond donors (Lipinski definition) is 1. The molecule has 9 heteroatoms. The normalized spacial score (nSPS) is 12.6. The third-order valence-electron chi connectivity index (χ3n) is 3.69. The molecule has 2 aromatic carbocycles. The van der Waals surface area contributed by atoms with E-state index in [1.807, 2.05) is 6.07 Å². The Bertz CT molecular complexity index is 928. The SMILES string of the molecule is Cn1cnnc1S[C@@H](C(=O)Nc1cccc(C(F)(F)F)c1)c1ccccc1. The van der Waals surface area contributed by atoms with Crippen molar-refractivity contribution in [3.63, 3.8) is 0 Å². The van der Waals surface area contributed by atoms with E-state index in [0.29, 0.717) is 10.7 Å². The van der Waals surface area contributed by atoms with Crippen LogP contribution in [0.5, 0.6) is 0 Å². The van der Waals surface area contributed by atoms with Crippen LogP contribution in [0.4, 0.5) is 18.9 Å². The highest BCUT2D eigenvalue weighted by atomic mass is 32.2. The summed E-state index contributed by atoms with van der Waals surface area (Å²) in [5, 5.41) is 10.1. The van der Waals surface area contributed by atoms with Crippen LogP contribution in [-0.4, -0.2) is 20.7 Å². The average Bonchev–Trinajstić information content (AvgIpc) is 3.04. The fraction of sp³-hybridized carbons (Fsp3) is 0.167. The molecule has 0 radical (unpaired) electrons. The van der Waals surface area contributed by atoms with E-state index >= 15 is 0 Å². The van der Waals surface area contributed by atoms with E-state index in [2.05, 4.69) is 15.5 Å². The van der Waals surface area contributed by atoms with Gasteiger partial charge in [-0.15, -0.1) is 10.2 Å². The number of benzene rings is 2. The Kier molecular flexibility index (Phi) is 5.50. The lowest BCUT2D eigenvalue weighted by Crippen LogP contribution is -2.20. The number of nitrogens with one attached hydrogen (secondary N) is 1. The van der Waals surface area contributed by atoms with Crippen LogP contribution in [0.25, 0.3) is 0 Å². The number of halogens is 3. The number of carbonyl (C=O) groups excluding carboxylic acids is 1. The standard InChI is InChI=1S/C18H15F3N4OS/c1-25-11-22-24-17(25)27-15(12-6-3-2-4-7-12)16(26)23-14-9-5-8-13(10-14)18(19,20)21/h2-11,15H,1H3,(H,23,26)/t15-/m1/s1. The minimum absolute atomic E-state index is 0.0781. The quantitative estimate of drug-likeness (QED) is 0.658. The van der Waals surface area contributed by atoms with Crippen LogP contribution >= 0.6 is 11.8 Å². The van der Waals surface area contributed by atoms with Crippen LogP contribution in [0.15, 0.2) is 66.1 Å². The maximum Gasteiger partial charge on any atom is 0.416 e. The molecule has 0 aliphatic carbocycles. The van der Waals surface area contributed by atoms with Crippen LogP contribution in [0.3, 0.4) is 0 Å². The molecule has 3 aromatic rings. The summed E-state index contributed by atoms with van der Waals surface area (Å²) in [6.07, 6.45) is -2.97. The summed E-state index contributed by atoms with van der Waals surface area (Å²) in [6.45, 7) is 0. The fourth-order valence-electron chi connectivity index (χ4n) is 2.37. The zero-order chi connectivity index (χ0) is 19.4. The maximum absolute atomic E-state index is 12.9. The molecule has 0 aliphatic rings. The molecular formula is C18H15F3N4OS. The predicted octanol–water partition coefficient (Wildman–Crippen LogP) is 4.31. The minimum Gasteiger partial charge on any atom is -0.325 e. The zero-order valence-electron chi connectivity index (χ0n) is 14.1. The predicted molar refractivity (Wildman–Crippen MR) is 96.1 cm³/mol. The van der Waals surface area contributed by atoms with Crippen molar-refractivity contribution in [1.82, 2.24) is 14.8 Å². The molecule has 1 N–H and O–H groups in total. The fourth-order valence-corrected chi connectivity index (χ4v) is 3.34. The number of hydrogen-bond acceptors (Lipinski definition) is 4. The molecule has 27 heavy (non-hydrogen) atoms. The highest BCUT2D eigenvalue weighted by Crippen LogP contribution is 2.35. The van der Waals surface area contributed by atoms with Crippen molar-refractivity contribution in [2.75, 3.05) is 5.32 Å². The molecule has 0 unspecified atom stereocenters. The Morgan fingerprint density at radius 1 is 1.15 bits per heavy atom. The topological polar surface area (TPSA) is 59.8 Å². The molecular weight excluding hydrogens is 377 g/mol. The highest BCUT2D eigenvalue weighted by molar-refractivity contribution is 8.00. The average molecular weight is 392 g/mol. The lowest BCUT2D eigenvalue weighted by molar-refractivity contribution is -0.137. The zero-order valence-corrected chi connectivity index (χ0v) is 15.0. The summed E-state index contributed by atoms with van der Waals surface area (Å²) in [6, 6.07) is 13.5. The molecule has 0 saturated carbocycles. The summed E-state index contributed by atoms with van der Waals surface area (Å²) >= 11 is 1.17. The summed E-state index contributed by atoms with van der Waals surface area (Å²) in [7, 11) is 1.75. The number of carbonyl (C=O) groups is 1. The van der Waals surface area contributed by atoms with Gasteiger partial charge in [0.1, 0.15) is 11.6 Å². The Hall–Kier alpha value is -2.81. The van der Waals surface area contributed by atoms with Crippen LogP contribution in [0.1, 0.15) is 16.4 Å². The van der Waals surface area contributed by atoms with Crippen LogP contribution in [0, 0.1) is 0 Å². The first-order valence-corrected chi connectivity index (χ1v) is 8.76. The van der Waals surface area contributed by atoms with Gasteiger partial charge < -0.3 is 9.88 Å². The number of thioether (sulfide) groups is 1. The van der Waals surface area contributed by atoms with Gasteiger partial charge in [0, 0.05) is 12.7 Å². The molecule has 1 amide bonds. The lowest BCUT2D eigenvalue weighted by atomic mass is 10.1. The first kappa shape index (κ1) is 19.0. The van der Waals surface area contributed by atoms with Crippen LogP contribution in [0.2, 0.25) is 0 Å². The molecule has 0 fully saturated rings. The Labute approximate surface area is 157 Å². The third-order valence-corrected chi connectivity index (χ3v) is 4.99. The van der Waals surface area contributed by atoms with Crippen LogP contribution in [-0.2, 0) is 18.0 Å². The smallest absolute Gasteiger partial charge is 0.325 e. The molecule has 140 valence electrons. The van der Waals surface area contributed by atoms with Crippen molar-refractivity contribution < 1.29 is 18.0 Å². The van der Waals surface area contributed by atoms with Gasteiger partial charge in [-0.25, -0.2) is 0 Å². The van der Waals surface area contributed by atoms with Gasteiger partial charge in [0.05, 0.1) is 5.56 Å². The van der Waals surface area contributed by atoms with E-state index in [4.69, 9.17) is 0 Å². The third kappa shape index (κ3) is 4.68. The number of alkyl halides is 3. The van der Waals surface area contributed by atoms with Crippen molar-refractivity contribution in [2.24, 2.45) is 7.05 Å². The van der Waals surface area contributed by atoms with Crippen molar-refractivity contribution in [2.45, 2.75) is 16.6 Å². The number of nitrogens with zero attached hydrogens (tertiary/aromatic N) is 3. The van der Waals surface area contributed by atoms with E-state index in [9.17, 15) is 18.0 Å². The Balaban J connectivity index is 1.86. The second kappa shape index (κ2) is 7.83. The second-order valence-electron chi connectivity index (χ2n) is 5.70. The van der Waals surface area contributed by atoms with Gasteiger partial charge in [-0.05, 0) is 23.8 Å². The van der Waals surface area contributed by atoms with Crippen molar-refractivity contribution >= 4 is 23.4 Å². The molecule has 0 aliphatic heterocycles. The van der Waals surface area contributed by atoms with Gasteiger partial charge in [0.25, 0.3) is 0 Å². The molecule has 0 spiro atoms. The van der Waals surface area contributed by atoms with Gasteiger partial charge in [-0.3, -0.25) is 4.79 Å². The second-order valence-corrected chi connectivity index (χ2v) is 6.77. The van der Waals surface area contributed by atoms with Gasteiger partial charge in [-0.1, -0.05) is 48.2 Å². The van der Waals surface area contributed by atoms with Crippen molar-refractivity contribution in [3.8, 4) is 0 Å². The summed E-state index contributed by atoms with van der Waals surface area (Å²) in [5.74, 6) is -0.450. The highest BCUT2D eigenvalue weighted by Gasteiger charge is 2.31. The number of aryl methyl sites for hydroxylation is 1. The summed E-state index contributed by atoms with van der Waals surface area (Å²) in [4.78, 5) is 12.8. The lowest BCUT2D eigenvalue weighted by Gasteiger charge is -2.17. The molecule has 1 heterocycles. The largest absolute Gasteiger partial charge is 0.416 e. The number of amides is 1. The van der Waals surface area contributed by atoms with Gasteiger partial charge in [0.2, 0.25) is 5.91 Å². The number of anilines is 1. The maximum atomic E-state index is 12.9. The molecule has 1 atom stereocenters. The molecule has 1 aromatic heterocycles. The van der Waals surface area contributed by atoms with E-state index in [1.165, 1.54) is 30.2 Å². The minimum atomic E-state index is -4.48. The Morgan fingerprint density at radius 3 is 2.52 bits per heavy atom. The Morgan fingerprint density at radius 2 is 1.89 bits per heavy atom. The van der Waals surface area contributed by atoms with Gasteiger partial charge in [-0.2, -0.15) is 13.2 Å². The molecule has 0 bridgehead atoms. The molecule has 5 nitrogen and oxygen atoms in total. The van der Waals surface area contributed by atoms with E-state index in [0.717, 1.165) is 12.1 Å². The number of rotatable bonds is 5. The summed E-state index contributed by atoms with van der Waals surface area (Å²) in [5.41, 5.74) is -0.0400. The first-order chi connectivity index (χ1) is 12.8.